The van der Waals surface area contributed by atoms with E-state index in [1.165, 1.54) is 12.1 Å². The molecule has 1 N–H and O–H groups in total. The van der Waals surface area contributed by atoms with Crippen molar-refractivity contribution in [2.75, 3.05) is 5.32 Å². The number of hydrogen-bond acceptors (Lipinski definition) is 3. The van der Waals surface area contributed by atoms with Crippen molar-refractivity contribution in [2.24, 2.45) is 7.05 Å². The van der Waals surface area contributed by atoms with E-state index in [0.717, 1.165) is 21.3 Å². The molecule has 1 aromatic carbocycles. The van der Waals surface area contributed by atoms with Crippen molar-refractivity contribution in [3.05, 3.63) is 62.4 Å². The van der Waals surface area contributed by atoms with Crippen LogP contribution in [0.1, 0.15) is 16.2 Å². The Labute approximate surface area is 163 Å². The first kappa shape index (κ1) is 17.9. The monoisotopic (exact) mass is 438 g/mol. The first-order chi connectivity index (χ1) is 11.9. The standard InChI is InChI=1S/C17H13BrCl2N4O/c1-9-14(10-3-5-11(18)6-4-10)16(24(2)23-9)22-17(25)15-12(19)7-8-13(20)21-15/h3-8H,1-2H3,(H,22,25). The molecule has 25 heavy (non-hydrogen) atoms. The number of pyridine rings is 1. The molecule has 0 aliphatic carbocycles. The van der Waals surface area contributed by atoms with E-state index in [1.54, 1.807) is 11.7 Å². The number of benzene rings is 1. The number of carbonyl (C=O) groups excluding carboxylic acids is 1. The molecule has 3 aromatic rings. The molecule has 3 rings (SSSR count). The van der Waals surface area contributed by atoms with Gasteiger partial charge in [0.25, 0.3) is 5.91 Å². The number of carbonyl (C=O) groups is 1. The maximum absolute atomic E-state index is 12.6. The molecule has 0 bridgehead atoms. The van der Waals surface area contributed by atoms with Gasteiger partial charge in [-0.3, -0.25) is 9.48 Å². The highest BCUT2D eigenvalue weighted by atomic mass is 79.9. The zero-order valence-corrected chi connectivity index (χ0v) is 16.4. The van der Waals surface area contributed by atoms with Gasteiger partial charge in [0, 0.05) is 17.1 Å². The van der Waals surface area contributed by atoms with E-state index in [2.05, 4.69) is 31.3 Å². The van der Waals surface area contributed by atoms with Gasteiger partial charge in [-0.1, -0.05) is 51.3 Å². The van der Waals surface area contributed by atoms with Gasteiger partial charge in [0.2, 0.25) is 0 Å². The van der Waals surface area contributed by atoms with E-state index in [9.17, 15) is 4.79 Å². The Hall–Kier alpha value is -1.89. The maximum Gasteiger partial charge on any atom is 0.277 e. The summed E-state index contributed by atoms with van der Waals surface area (Å²) in [5.41, 5.74) is 2.63. The molecule has 0 radical (unpaired) electrons. The molecule has 2 heterocycles. The Bertz CT molecular complexity index is 954. The third-order valence-electron chi connectivity index (χ3n) is 3.61. The second-order valence-electron chi connectivity index (χ2n) is 5.36. The minimum atomic E-state index is -0.450. The van der Waals surface area contributed by atoms with Crippen LogP contribution in [-0.4, -0.2) is 20.7 Å². The smallest absolute Gasteiger partial charge is 0.277 e. The van der Waals surface area contributed by atoms with Crippen LogP contribution in [0.2, 0.25) is 10.2 Å². The number of aromatic nitrogens is 3. The quantitative estimate of drug-likeness (QED) is 0.576. The molecule has 0 atom stereocenters. The Morgan fingerprint density at radius 3 is 2.52 bits per heavy atom. The van der Waals surface area contributed by atoms with Crippen LogP contribution in [-0.2, 0) is 7.05 Å². The SMILES string of the molecule is Cc1nn(C)c(NC(=O)c2nc(Cl)ccc2Cl)c1-c1ccc(Br)cc1. The van der Waals surface area contributed by atoms with Crippen molar-refractivity contribution in [1.29, 1.82) is 0 Å². The van der Waals surface area contributed by atoms with E-state index >= 15 is 0 Å². The van der Waals surface area contributed by atoms with Crippen molar-refractivity contribution in [3.8, 4) is 11.1 Å². The van der Waals surface area contributed by atoms with Gasteiger partial charge < -0.3 is 5.32 Å². The largest absolute Gasteiger partial charge is 0.305 e. The Kier molecular flexibility index (Phi) is 5.13. The van der Waals surface area contributed by atoms with Crippen LogP contribution in [0, 0.1) is 6.92 Å². The molecule has 0 aliphatic rings. The Morgan fingerprint density at radius 2 is 1.84 bits per heavy atom. The van der Waals surface area contributed by atoms with Gasteiger partial charge in [-0.05, 0) is 36.8 Å². The average Bonchev–Trinajstić information content (AvgIpc) is 2.84. The zero-order valence-electron chi connectivity index (χ0n) is 13.3. The predicted molar refractivity (Wildman–Crippen MR) is 103 cm³/mol. The fourth-order valence-electron chi connectivity index (χ4n) is 2.51. The number of nitrogens with one attached hydrogen (secondary N) is 1. The molecular weight excluding hydrogens is 427 g/mol. The molecule has 128 valence electrons. The lowest BCUT2D eigenvalue weighted by Crippen LogP contribution is -2.17. The van der Waals surface area contributed by atoms with Gasteiger partial charge in [-0.15, -0.1) is 0 Å². The predicted octanol–water partition coefficient (Wildman–Crippen LogP) is 5.11. The molecule has 2 aromatic heterocycles. The average molecular weight is 440 g/mol. The van der Waals surface area contributed by atoms with Crippen LogP contribution in [0.25, 0.3) is 11.1 Å². The summed E-state index contributed by atoms with van der Waals surface area (Å²) in [5.74, 6) is 0.108. The van der Waals surface area contributed by atoms with Crippen molar-refractivity contribution in [2.45, 2.75) is 6.92 Å². The minimum Gasteiger partial charge on any atom is -0.305 e. The number of aryl methyl sites for hydroxylation is 2. The molecule has 1 amide bonds. The summed E-state index contributed by atoms with van der Waals surface area (Å²) in [7, 11) is 1.76. The van der Waals surface area contributed by atoms with Crippen molar-refractivity contribution in [1.82, 2.24) is 14.8 Å². The van der Waals surface area contributed by atoms with Crippen molar-refractivity contribution < 1.29 is 4.79 Å². The number of anilines is 1. The van der Waals surface area contributed by atoms with Crippen LogP contribution < -0.4 is 5.32 Å². The second kappa shape index (κ2) is 7.15. The van der Waals surface area contributed by atoms with Gasteiger partial charge in [-0.25, -0.2) is 4.98 Å². The zero-order chi connectivity index (χ0) is 18.1. The third-order valence-corrected chi connectivity index (χ3v) is 4.66. The fourth-order valence-corrected chi connectivity index (χ4v) is 3.11. The Balaban J connectivity index is 2.02. The minimum absolute atomic E-state index is 0.0646. The van der Waals surface area contributed by atoms with Gasteiger partial charge >= 0.3 is 0 Å². The highest BCUT2D eigenvalue weighted by Crippen LogP contribution is 2.32. The molecule has 0 saturated carbocycles. The number of rotatable bonds is 3. The molecule has 0 unspecified atom stereocenters. The van der Waals surface area contributed by atoms with E-state index in [1.807, 2.05) is 31.2 Å². The maximum atomic E-state index is 12.6. The highest BCUT2D eigenvalue weighted by Gasteiger charge is 2.20. The normalized spacial score (nSPS) is 10.8. The topological polar surface area (TPSA) is 59.8 Å². The second-order valence-corrected chi connectivity index (χ2v) is 7.07. The van der Waals surface area contributed by atoms with E-state index < -0.39 is 5.91 Å². The van der Waals surface area contributed by atoms with Gasteiger partial charge in [0.15, 0.2) is 0 Å². The summed E-state index contributed by atoms with van der Waals surface area (Å²) in [5, 5.41) is 7.67. The summed E-state index contributed by atoms with van der Waals surface area (Å²) in [4.78, 5) is 16.6. The summed E-state index contributed by atoms with van der Waals surface area (Å²) in [6, 6.07) is 10.8. The number of hydrogen-bond donors (Lipinski definition) is 1. The Morgan fingerprint density at radius 1 is 1.16 bits per heavy atom. The van der Waals surface area contributed by atoms with Gasteiger partial charge in [0.05, 0.1) is 10.7 Å². The lowest BCUT2D eigenvalue weighted by molar-refractivity contribution is 0.102. The number of nitrogens with zero attached hydrogens (tertiary/aromatic N) is 3. The fraction of sp³-hybridized carbons (Fsp3) is 0.118. The van der Waals surface area contributed by atoms with E-state index in [0.29, 0.717) is 5.82 Å². The van der Waals surface area contributed by atoms with Crippen molar-refractivity contribution in [3.63, 3.8) is 0 Å². The van der Waals surface area contributed by atoms with Gasteiger partial charge in [0.1, 0.15) is 16.7 Å². The van der Waals surface area contributed by atoms with Crippen LogP contribution in [0.4, 0.5) is 5.82 Å². The number of amides is 1. The van der Waals surface area contributed by atoms with Crippen LogP contribution in [0.5, 0.6) is 0 Å². The van der Waals surface area contributed by atoms with Crippen LogP contribution >= 0.6 is 39.1 Å². The number of halogens is 3. The van der Waals surface area contributed by atoms with E-state index in [-0.39, 0.29) is 15.9 Å². The molecule has 0 saturated heterocycles. The molecular formula is C17H13BrCl2N4O. The summed E-state index contributed by atoms with van der Waals surface area (Å²) in [6.45, 7) is 1.89. The first-order valence-electron chi connectivity index (χ1n) is 7.29. The summed E-state index contributed by atoms with van der Waals surface area (Å²) < 4.78 is 2.58. The molecule has 0 spiro atoms. The molecule has 0 aliphatic heterocycles. The molecule has 0 fully saturated rings. The third kappa shape index (κ3) is 3.71. The lowest BCUT2D eigenvalue weighted by atomic mass is 10.1. The molecule has 5 nitrogen and oxygen atoms in total. The van der Waals surface area contributed by atoms with Crippen LogP contribution in [0.3, 0.4) is 0 Å². The van der Waals surface area contributed by atoms with Gasteiger partial charge in [-0.2, -0.15) is 5.10 Å². The lowest BCUT2D eigenvalue weighted by Gasteiger charge is -2.10. The van der Waals surface area contributed by atoms with E-state index in [4.69, 9.17) is 23.2 Å². The van der Waals surface area contributed by atoms with Crippen LogP contribution in [0.15, 0.2) is 40.9 Å². The van der Waals surface area contributed by atoms with Crippen molar-refractivity contribution >= 4 is 50.9 Å². The summed E-state index contributed by atoms with van der Waals surface area (Å²) >= 11 is 15.4. The summed E-state index contributed by atoms with van der Waals surface area (Å²) in [6.07, 6.45) is 0. The highest BCUT2D eigenvalue weighted by molar-refractivity contribution is 9.10. The molecule has 8 heteroatoms. The first-order valence-corrected chi connectivity index (χ1v) is 8.84.